The first-order valence-electron chi connectivity index (χ1n) is 4.89. The van der Waals surface area contributed by atoms with Gasteiger partial charge in [-0.2, -0.15) is 0 Å². The van der Waals surface area contributed by atoms with Gasteiger partial charge in [0.05, 0.1) is 5.69 Å². The highest BCUT2D eigenvalue weighted by Gasteiger charge is 2.15. The smallest absolute Gasteiger partial charge is 0.242 e. The van der Waals surface area contributed by atoms with Crippen LogP contribution in [0, 0.1) is 0 Å². The fourth-order valence-electron chi connectivity index (χ4n) is 1.20. The van der Waals surface area contributed by atoms with E-state index >= 15 is 0 Å². The second-order valence-electron chi connectivity index (χ2n) is 3.68. The molecule has 6 nitrogen and oxygen atoms in total. The molecule has 1 aromatic rings. The quantitative estimate of drug-likeness (QED) is 0.572. The van der Waals surface area contributed by atoms with E-state index in [0.717, 1.165) is 4.31 Å². The van der Waals surface area contributed by atoms with E-state index in [4.69, 9.17) is 5.73 Å². The third-order valence-electron chi connectivity index (χ3n) is 2.15. The minimum atomic E-state index is -2.88. The number of nitrogens with zero attached hydrogens (tertiary/aromatic N) is 2. The molecular formula is C10H15N3O3S. The number of amides is 1. The molecule has 0 heterocycles. The normalized spacial score (nSPS) is 10.3. The Hall–Kier alpha value is -1.76. The first kappa shape index (κ1) is 13.3. The zero-order chi connectivity index (χ0) is 13.0. The summed E-state index contributed by atoms with van der Waals surface area (Å²) < 4.78 is 23.2. The number of thiol groups is 1. The van der Waals surface area contributed by atoms with Crippen LogP contribution in [-0.2, 0) is 15.7 Å². The van der Waals surface area contributed by atoms with Crippen molar-refractivity contribution in [3.63, 3.8) is 0 Å². The fraction of sp³-hybridized carbons (Fsp3) is 0.300. The van der Waals surface area contributed by atoms with Gasteiger partial charge in [0.15, 0.2) is 0 Å². The number of carbonyl (C=O) groups excluding carboxylic acids is 1. The molecule has 1 amide bonds. The maximum Gasteiger partial charge on any atom is 0.242 e. The molecule has 0 saturated carbocycles. The van der Waals surface area contributed by atoms with E-state index in [1.807, 2.05) is 0 Å². The number of hydrogen-bond acceptors (Lipinski definition) is 4. The van der Waals surface area contributed by atoms with E-state index in [9.17, 15) is 13.2 Å². The Labute approximate surface area is 102 Å². The third kappa shape index (κ3) is 3.63. The van der Waals surface area contributed by atoms with E-state index in [1.165, 1.54) is 11.0 Å². The Morgan fingerprint density at radius 2 is 2.00 bits per heavy atom. The monoisotopic (exact) mass is 257 g/mol. The minimum absolute atomic E-state index is 0.227. The minimum Gasteiger partial charge on any atom is -0.399 e. The lowest BCUT2D eigenvalue weighted by Crippen LogP contribution is -2.35. The van der Waals surface area contributed by atoms with Crippen molar-refractivity contribution in [1.29, 1.82) is 0 Å². The maximum absolute atomic E-state index is 11.5. The summed E-state index contributed by atoms with van der Waals surface area (Å²) >= 11 is 0. The fourth-order valence-corrected chi connectivity index (χ4v) is 1.75. The molecule has 0 aliphatic rings. The first-order chi connectivity index (χ1) is 7.91. The van der Waals surface area contributed by atoms with Crippen molar-refractivity contribution in [3.05, 3.63) is 24.3 Å². The topological polar surface area (TPSA) is 83.7 Å². The highest BCUT2D eigenvalue weighted by molar-refractivity contribution is 7.74. The van der Waals surface area contributed by atoms with E-state index in [1.54, 1.807) is 32.3 Å². The van der Waals surface area contributed by atoms with E-state index in [2.05, 4.69) is 0 Å². The van der Waals surface area contributed by atoms with E-state index in [-0.39, 0.29) is 12.5 Å². The Bertz CT molecular complexity index is 477. The van der Waals surface area contributed by atoms with Crippen LogP contribution in [0.15, 0.2) is 24.3 Å². The molecule has 17 heavy (non-hydrogen) atoms. The predicted octanol–water partition coefficient (Wildman–Crippen LogP) is -0.310. The lowest BCUT2D eigenvalue weighted by molar-refractivity contribution is -0.127. The van der Waals surface area contributed by atoms with Crippen molar-refractivity contribution in [1.82, 2.24) is 4.90 Å². The van der Waals surface area contributed by atoms with Crippen molar-refractivity contribution in [3.8, 4) is 0 Å². The number of hydrogen-bond donors (Lipinski definition) is 2. The Balaban J connectivity index is 2.98. The summed E-state index contributed by atoms with van der Waals surface area (Å²) in [5.41, 5.74) is 6.40. The molecule has 0 aromatic heterocycles. The number of likely N-dealkylation sites (N-methyl/N-ethyl adjacent to an activating group) is 1. The van der Waals surface area contributed by atoms with Crippen molar-refractivity contribution in [2.45, 2.75) is 0 Å². The van der Waals surface area contributed by atoms with Gasteiger partial charge in [0.2, 0.25) is 16.8 Å². The lowest BCUT2D eigenvalue weighted by Gasteiger charge is -2.19. The van der Waals surface area contributed by atoms with Crippen LogP contribution in [0.2, 0.25) is 0 Å². The molecule has 2 N–H and O–H groups in total. The van der Waals surface area contributed by atoms with Crippen molar-refractivity contribution in [2.24, 2.45) is 0 Å². The van der Waals surface area contributed by atoms with Crippen LogP contribution in [0.5, 0.6) is 0 Å². The lowest BCUT2D eigenvalue weighted by atomic mass is 10.3. The summed E-state index contributed by atoms with van der Waals surface area (Å²) in [7, 11) is 0.255. The predicted molar refractivity (Wildman–Crippen MR) is 67.2 cm³/mol. The van der Waals surface area contributed by atoms with Gasteiger partial charge in [-0.25, -0.2) is 8.42 Å². The number of benzene rings is 1. The summed E-state index contributed by atoms with van der Waals surface area (Å²) in [6, 6.07) is 6.38. The summed E-state index contributed by atoms with van der Waals surface area (Å²) in [5, 5.41) is 0. The molecule has 94 valence electrons. The van der Waals surface area contributed by atoms with Crippen LogP contribution in [0.3, 0.4) is 0 Å². The van der Waals surface area contributed by atoms with Crippen LogP contribution >= 0.6 is 0 Å². The van der Waals surface area contributed by atoms with Gasteiger partial charge in [-0.15, -0.1) is 0 Å². The molecule has 0 bridgehead atoms. The number of nitrogen functional groups attached to an aromatic ring is 1. The average molecular weight is 257 g/mol. The zero-order valence-corrected chi connectivity index (χ0v) is 10.6. The number of anilines is 2. The highest BCUT2D eigenvalue weighted by atomic mass is 32.2. The van der Waals surface area contributed by atoms with Crippen LogP contribution < -0.4 is 10.0 Å². The highest BCUT2D eigenvalue weighted by Crippen LogP contribution is 2.17. The van der Waals surface area contributed by atoms with E-state index < -0.39 is 10.9 Å². The van der Waals surface area contributed by atoms with Crippen molar-refractivity contribution < 1.29 is 13.2 Å². The van der Waals surface area contributed by atoms with Crippen molar-refractivity contribution >= 4 is 28.2 Å². The second kappa shape index (κ2) is 5.53. The molecule has 7 heteroatoms. The van der Waals surface area contributed by atoms with Crippen molar-refractivity contribution in [2.75, 3.05) is 30.7 Å². The van der Waals surface area contributed by atoms with Crippen LogP contribution in [0.1, 0.15) is 0 Å². The van der Waals surface area contributed by atoms with Gasteiger partial charge in [-0.3, -0.25) is 9.10 Å². The standard InChI is InChI=1S/C10H15N3O3S/c1-12(2)10(14)7-13(17(15)16)9-5-3-4-8(11)6-9/h3-6,17H,7,11H2,1-2H3. The molecule has 0 aliphatic heterocycles. The third-order valence-corrected chi connectivity index (χ3v) is 2.92. The van der Waals surface area contributed by atoms with Gasteiger partial charge >= 0.3 is 0 Å². The summed E-state index contributed by atoms with van der Waals surface area (Å²) in [5.74, 6) is -0.299. The molecule has 0 saturated heterocycles. The number of nitrogens with two attached hydrogens (primary N) is 1. The van der Waals surface area contributed by atoms with Gasteiger partial charge in [0.1, 0.15) is 6.54 Å². The Kier molecular flexibility index (Phi) is 4.33. The Morgan fingerprint density at radius 1 is 1.35 bits per heavy atom. The molecular weight excluding hydrogens is 242 g/mol. The largest absolute Gasteiger partial charge is 0.399 e. The maximum atomic E-state index is 11.5. The van der Waals surface area contributed by atoms with Gasteiger partial charge in [0, 0.05) is 19.8 Å². The molecule has 0 fully saturated rings. The molecule has 0 unspecified atom stereocenters. The van der Waals surface area contributed by atoms with Gasteiger partial charge in [-0.05, 0) is 18.2 Å². The average Bonchev–Trinajstić information content (AvgIpc) is 2.24. The molecule has 0 radical (unpaired) electrons. The van der Waals surface area contributed by atoms with Gasteiger partial charge < -0.3 is 10.6 Å². The summed E-state index contributed by atoms with van der Waals surface area (Å²) in [4.78, 5) is 12.8. The van der Waals surface area contributed by atoms with Gasteiger partial charge in [0.25, 0.3) is 0 Å². The second-order valence-corrected chi connectivity index (χ2v) is 4.64. The van der Waals surface area contributed by atoms with Gasteiger partial charge in [-0.1, -0.05) is 6.07 Å². The number of rotatable bonds is 4. The summed E-state index contributed by atoms with van der Waals surface area (Å²) in [6.45, 7) is -0.227. The van der Waals surface area contributed by atoms with Crippen LogP contribution in [-0.4, -0.2) is 39.9 Å². The molecule has 1 rings (SSSR count). The summed E-state index contributed by atoms with van der Waals surface area (Å²) in [6.07, 6.45) is 0. The van der Waals surface area contributed by atoms with Crippen LogP contribution in [0.4, 0.5) is 11.4 Å². The first-order valence-corrected chi connectivity index (χ1v) is 6.02. The molecule has 0 aliphatic carbocycles. The molecule has 1 aromatic carbocycles. The number of carbonyl (C=O) groups is 1. The van der Waals surface area contributed by atoms with E-state index in [0.29, 0.717) is 11.4 Å². The SMILES string of the molecule is CN(C)C(=O)CN(c1cccc(N)c1)[SH](=O)=O. The van der Waals surface area contributed by atoms with Crippen LogP contribution in [0.25, 0.3) is 0 Å². The zero-order valence-electron chi connectivity index (χ0n) is 9.66. The molecule has 0 atom stereocenters. The molecule has 0 spiro atoms. The Morgan fingerprint density at radius 3 is 2.47 bits per heavy atom.